The highest BCUT2D eigenvalue weighted by Crippen LogP contribution is 1.70. The van der Waals surface area contributed by atoms with Crippen LogP contribution in [-0.2, 0) is 0 Å². The summed E-state index contributed by atoms with van der Waals surface area (Å²) in [5.41, 5.74) is 0. The Morgan fingerprint density at radius 3 is 2.20 bits per heavy atom. The zero-order chi connectivity index (χ0) is 8.41. The molecule has 1 N–H and O–H groups in total. The molecule has 0 bridgehead atoms. The number of nitrogens with one attached hydrogen (secondary N) is 1. The van der Waals surface area contributed by atoms with E-state index in [0.29, 0.717) is 5.84 Å². The van der Waals surface area contributed by atoms with E-state index in [0.717, 1.165) is 0 Å². The molecule has 0 fully saturated rings. The minimum atomic E-state index is 0.336. The summed E-state index contributed by atoms with van der Waals surface area (Å²) >= 11 is 0. The number of aliphatic imine (C=N–C) groups is 1. The van der Waals surface area contributed by atoms with Crippen LogP contribution < -0.4 is 0 Å². The topological polar surface area (TPSA) is 36.2 Å². The maximum atomic E-state index is 6.84. The van der Waals surface area contributed by atoms with Gasteiger partial charge < -0.3 is 0 Å². The molecule has 58 valence electrons. The van der Waals surface area contributed by atoms with Crippen LogP contribution in [0.15, 0.2) is 17.1 Å². The third-order valence-electron chi connectivity index (χ3n) is 0.547. The third kappa shape index (κ3) is 15.7. The second-order valence-electron chi connectivity index (χ2n) is 1.39. The number of nitrogens with zero attached hydrogens (tertiary/aromatic N) is 1. The average Bonchev–Trinajstić information content (AvgIpc) is 1.92. The van der Waals surface area contributed by atoms with E-state index in [1.807, 2.05) is 26.8 Å². The van der Waals surface area contributed by atoms with E-state index in [4.69, 9.17) is 5.41 Å². The molecule has 0 unspecified atom stereocenters. The van der Waals surface area contributed by atoms with Crippen molar-refractivity contribution < 1.29 is 0 Å². The van der Waals surface area contributed by atoms with Crippen LogP contribution in [-0.4, -0.2) is 12.1 Å². The molecule has 0 aliphatic carbocycles. The maximum absolute atomic E-state index is 6.84. The molecule has 0 radical (unpaired) electrons. The molecule has 0 saturated carbocycles. The van der Waals surface area contributed by atoms with Crippen molar-refractivity contribution in [1.29, 1.82) is 5.41 Å². The zero-order valence-electron chi connectivity index (χ0n) is 7.18. The van der Waals surface area contributed by atoms with E-state index in [1.165, 1.54) is 0 Å². The smallest absolute Gasteiger partial charge is 0.117 e. The molecule has 0 aliphatic rings. The molecule has 0 aliphatic heterocycles. The van der Waals surface area contributed by atoms with Crippen molar-refractivity contribution in [2.75, 3.05) is 0 Å². The van der Waals surface area contributed by atoms with Gasteiger partial charge in [0.25, 0.3) is 0 Å². The molecule has 0 rings (SSSR count). The molecular formula is C8H16N2. The van der Waals surface area contributed by atoms with Gasteiger partial charge in [-0.05, 0) is 19.9 Å². The molecule has 0 atom stereocenters. The molecular weight excluding hydrogens is 124 g/mol. The number of allylic oxidation sites excluding steroid dienone is 2. The summed E-state index contributed by atoms with van der Waals surface area (Å²) in [5.74, 6) is 0.336. The van der Waals surface area contributed by atoms with Crippen molar-refractivity contribution in [3.63, 3.8) is 0 Å². The first-order valence-electron chi connectivity index (χ1n) is 3.48. The van der Waals surface area contributed by atoms with E-state index in [1.54, 1.807) is 19.2 Å². The van der Waals surface area contributed by atoms with Crippen LogP contribution in [0.2, 0.25) is 0 Å². The van der Waals surface area contributed by atoms with Crippen LogP contribution in [0.4, 0.5) is 0 Å². The van der Waals surface area contributed by atoms with E-state index in [-0.39, 0.29) is 0 Å². The minimum Gasteiger partial charge on any atom is -0.287 e. The van der Waals surface area contributed by atoms with Crippen LogP contribution in [0.1, 0.15) is 27.7 Å². The lowest BCUT2D eigenvalue weighted by Crippen LogP contribution is -1.78. The van der Waals surface area contributed by atoms with Gasteiger partial charge >= 0.3 is 0 Å². The molecule has 0 heterocycles. The third-order valence-corrected chi connectivity index (χ3v) is 0.547. The highest BCUT2D eigenvalue weighted by atomic mass is 14.8. The van der Waals surface area contributed by atoms with Gasteiger partial charge in [-0.15, -0.1) is 0 Å². The Kier molecular flexibility index (Phi) is 13.0. The number of hydrogen-bond acceptors (Lipinski definition) is 1. The minimum absolute atomic E-state index is 0.336. The number of amidine groups is 1. The lowest BCUT2D eigenvalue weighted by molar-refractivity contribution is 1.42. The first-order valence-corrected chi connectivity index (χ1v) is 3.48. The molecule has 0 amide bonds. The Balaban J connectivity index is 0. The lowest BCUT2D eigenvalue weighted by Gasteiger charge is -1.76. The van der Waals surface area contributed by atoms with Crippen molar-refractivity contribution in [2.45, 2.75) is 27.7 Å². The quantitative estimate of drug-likeness (QED) is 0.429. The Morgan fingerprint density at radius 1 is 1.40 bits per heavy atom. The highest BCUT2D eigenvalue weighted by Gasteiger charge is 1.69. The molecule has 0 aromatic rings. The van der Waals surface area contributed by atoms with Crippen LogP contribution in [0, 0.1) is 5.41 Å². The van der Waals surface area contributed by atoms with Gasteiger partial charge in [-0.25, -0.2) is 4.99 Å². The average molecular weight is 140 g/mol. The Morgan fingerprint density at radius 2 is 1.90 bits per heavy atom. The first kappa shape index (κ1) is 11.8. The van der Waals surface area contributed by atoms with Crippen molar-refractivity contribution in [3.8, 4) is 0 Å². The summed E-state index contributed by atoms with van der Waals surface area (Å²) in [6.07, 6.45) is 5.26. The summed E-state index contributed by atoms with van der Waals surface area (Å²) in [4.78, 5) is 3.69. The monoisotopic (exact) mass is 140 g/mol. The van der Waals surface area contributed by atoms with E-state index >= 15 is 0 Å². The van der Waals surface area contributed by atoms with Crippen LogP contribution >= 0.6 is 0 Å². The lowest BCUT2D eigenvalue weighted by atomic mass is 10.5. The summed E-state index contributed by atoms with van der Waals surface area (Å²) in [6, 6.07) is 0. The van der Waals surface area contributed by atoms with Gasteiger partial charge in [-0.2, -0.15) is 0 Å². The van der Waals surface area contributed by atoms with Gasteiger partial charge in [0.2, 0.25) is 0 Å². The largest absolute Gasteiger partial charge is 0.287 e. The van der Waals surface area contributed by atoms with Gasteiger partial charge in [0.1, 0.15) is 5.84 Å². The Bertz CT molecular complexity index is 123. The van der Waals surface area contributed by atoms with Crippen molar-refractivity contribution in [3.05, 3.63) is 12.2 Å². The van der Waals surface area contributed by atoms with E-state index < -0.39 is 0 Å². The first-order chi connectivity index (χ1) is 4.77. The second-order valence-corrected chi connectivity index (χ2v) is 1.39. The fourth-order valence-electron chi connectivity index (χ4n) is 0.241. The molecule has 2 nitrogen and oxygen atoms in total. The SMILES string of the molecule is C/C=C\C=NC(C)=N.CC. The van der Waals surface area contributed by atoms with Gasteiger partial charge in [0.15, 0.2) is 0 Å². The summed E-state index contributed by atoms with van der Waals surface area (Å²) in [5, 5.41) is 6.84. The maximum Gasteiger partial charge on any atom is 0.117 e. The van der Waals surface area contributed by atoms with Crippen LogP contribution in [0.5, 0.6) is 0 Å². The van der Waals surface area contributed by atoms with Gasteiger partial charge in [-0.3, -0.25) is 5.41 Å². The molecule has 10 heavy (non-hydrogen) atoms. The normalized spacial score (nSPS) is 9.60. The molecule has 0 spiro atoms. The van der Waals surface area contributed by atoms with Gasteiger partial charge in [-0.1, -0.05) is 19.9 Å². The fourth-order valence-corrected chi connectivity index (χ4v) is 0.241. The van der Waals surface area contributed by atoms with Crippen LogP contribution in [0.25, 0.3) is 0 Å². The summed E-state index contributed by atoms with van der Waals surface area (Å²) < 4.78 is 0. The van der Waals surface area contributed by atoms with E-state index in [9.17, 15) is 0 Å². The number of rotatable bonds is 1. The zero-order valence-corrected chi connectivity index (χ0v) is 7.18. The Hall–Kier alpha value is -0.920. The molecule has 2 heteroatoms. The molecule has 0 aromatic heterocycles. The highest BCUT2D eigenvalue weighted by molar-refractivity contribution is 5.88. The molecule has 0 aromatic carbocycles. The van der Waals surface area contributed by atoms with Gasteiger partial charge in [0.05, 0.1) is 0 Å². The van der Waals surface area contributed by atoms with Crippen molar-refractivity contribution in [2.24, 2.45) is 4.99 Å². The van der Waals surface area contributed by atoms with Gasteiger partial charge in [0, 0.05) is 6.21 Å². The van der Waals surface area contributed by atoms with E-state index in [2.05, 4.69) is 4.99 Å². The standard InChI is InChI=1S/C6H10N2.C2H6/c1-3-4-5-8-6(2)7;1-2/h3-5,7H,1-2H3;1-2H3/b4-3-,7-6?,8-5?;. The van der Waals surface area contributed by atoms with Crippen molar-refractivity contribution in [1.82, 2.24) is 0 Å². The van der Waals surface area contributed by atoms with Crippen molar-refractivity contribution >= 4 is 12.1 Å². The van der Waals surface area contributed by atoms with Crippen LogP contribution in [0.3, 0.4) is 0 Å². The Labute approximate surface area is 63.2 Å². The molecule has 0 saturated heterocycles. The predicted molar refractivity (Wildman–Crippen MR) is 48.1 cm³/mol. The summed E-state index contributed by atoms with van der Waals surface area (Å²) in [6.45, 7) is 7.55. The summed E-state index contributed by atoms with van der Waals surface area (Å²) in [7, 11) is 0. The fraction of sp³-hybridized carbons (Fsp3) is 0.500. The predicted octanol–water partition coefficient (Wildman–Crippen LogP) is 2.66. The second kappa shape index (κ2) is 11.0. The number of hydrogen-bond donors (Lipinski definition) is 1.